The standard InChI is InChI=1S/C17H13N5O5S/c23-15(18-11-3-5-12(6-4-11)22(25)26)10-28-16-8-7-14(20-21-16)19-17(24)13-2-1-9-27-13/h1-9H,10H2,(H,18,23)(H,19,20,24). The zero-order valence-electron chi connectivity index (χ0n) is 14.2. The maximum atomic E-state index is 12.0. The number of nitro groups is 1. The molecule has 2 heterocycles. The molecule has 2 amide bonds. The Kier molecular flexibility index (Phi) is 5.97. The Labute approximate surface area is 162 Å². The van der Waals surface area contributed by atoms with Crippen LogP contribution in [0.1, 0.15) is 10.6 Å². The molecule has 0 aliphatic carbocycles. The summed E-state index contributed by atoms with van der Waals surface area (Å²) in [7, 11) is 0. The lowest BCUT2D eigenvalue weighted by Gasteiger charge is -2.05. The molecule has 142 valence electrons. The SMILES string of the molecule is O=C(CSc1ccc(NC(=O)c2ccco2)nn1)Nc1ccc([N+](=O)[O-])cc1. The first-order valence-electron chi connectivity index (χ1n) is 7.87. The number of nitrogens with zero attached hydrogens (tertiary/aromatic N) is 3. The van der Waals surface area contributed by atoms with Gasteiger partial charge in [0, 0.05) is 17.8 Å². The molecular formula is C17H13N5O5S. The van der Waals surface area contributed by atoms with Crippen molar-refractivity contribution in [2.45, 2.75) is 5.03 Å². The Morgan fingerprint density at radius 1 is 1.07 bits per heavy atom. The van der Waals surface area contributed by atoms with Gasteiger partial charge >= 0.3 is 0 Å². The fourth-order valence-corrected chi connectivity index (χ4v) is 2.67. The third kappa shape index (κ3) is 5.14. The number of thioether (sulfide) groups is 1. The van der Waals surface area contributed by atoms with Crippen LogP contribution < -0.4 is 10.6 Å². The van der Waals surface area contributed by atoms with Crippen molar-refractivity contribution in [2.75, 3.05) is 16.4 Å². The number of hydrogen-bond donors (Lipinski definition) is 2. The highest BCUT2D eigenvalue weighted by Gasteiger charge is 2.11. The molecule has 0 aliphatic rings. The molecule has 3 rings (SSSR count). The van der Waals surface area contributed by atoms with E-state index in [1.165, 1.54) is 36.6 Å². The molecule has 0 fully saturated rings. The molecule has 11 heteroatoms. The first-order chi connectivity index (χ1) is 13.5. The van der Waals surface area contributed by atoms with Crippen molar-refractivity contribution in [1.82, 2.24) is 10.2 Å². The summed E-state index contributed by atoms with van der Waals surface area (Å²) in [4.78, 5) is 33.9. The third-order valence-electron chi connectivity index (χ3n) is 3.34. The van der Waals surface area contributed by atoms with Crippen molar-refractivity contribution >= 4 is 40.8 Å². The molecule has 0 atom stereocenters. The van der Waals surface area contributed by atoms with E-state index in [2.05, 4.69) is 20.8 Å². The number of furan rings is 1. The highest BCUT2D eigenvalue weighted by atomic mass is 32.2. The molecule has 0 radical (unpaired) electrons. The minimum Gasteiger partial charge on any atom is -0.459 e. The summed E-state index contributed by atoms with van der Waals surface area (Å²) in [6.07, 6.45) is 1.39. The van der Waals surface area contributed by atoms with Gasteiger partial charge in [0.15, 0.2) is 11.6 Å². The highest BCUT2D eigenvalue weighted by molar-refractivity contribution is 7.99. The van der Waals surface area contributed by atoms with Crippen LogP contribution in [-0.4, -0.2) is 32.7 Å². The first kappa shape index (κ1) is 19.0. The zero-order valence-corrected chi connectivity index (χ0v) is 15.0. The number of aromatic nitrogens is 2. The van der Waals surface area contributed by atoms with Gasteiger partial charge in [-0.1, -0.05) is 11.8 Å². The van der Waals surface area contributed by atoms with E-state index in [4.69, 9.17) is 4.42 Å². The number of nitrogens with one attached hydrogen (secondary N) is 2. The summed E-state index contributed by atoms with van der Waals surface area (Å²) in [6.45, 7) is 0. The maximum Gasteiger partial charge on any atom is 0.292 e. The molecule has 28 heavy (non-hydrogen) atoms. The second-order valence-electron chi connectivity index (χ2n) is 5.33. The summed E-state index contributed by atoms with van der Waals surface area (Å²) in [6, 6.07) is 11.8. The molecule has 3 aromatic rings. The van der Waals surface area contributed by atoms with E-state index in [9.17, 15) is 19.7 Å². The molecule has 0 aliphatic heterocycles. The lowest BCUT2D eigenvalue weighted by Crippen LogP contribution is -2.14. The van der Waals surface area contributed by atoms with E-state index >= 15 is 0 Å². The molecule has 2 N–H and O–H groups in total. The molecule has 0 unspecified atom stereocenters. The minimum atomic E-state index is -0.513. The summed E-state index contributed by atoms with van der Waals surface area (Å²) < 4.78 is 4.98. The van der Waals surface area contributed by atoms with Crippen molar-refractivity contribution in [3.8, 4) is 0 Å². The lowest BCUT2D eigenvalue weighted by atomic mass is 10.3. The van der Waals surface area contributed by atoms with Crippen molar-refractivity contribution in [1.29, 1.82) is 0 Å². The fraction of sp³-hybridized carbons (Fsp3) is 0.0588. The Morgan fingerprint density at radius 3 is 2.46 bits per heavy atom. The average molecular weight is 399 g/mol. The molecule has 1 aromatic carbocycles. The molecular weight excluding hydrogens is 386 g/mol. The van der Waals surface area contributed by atoms with E-state index in [0.29, 0.717) is 10.7 Å². The molecule has 2 aromatic heterocycles. The first-order valence-corrected chi connectivity index (χ1v) is 8.85. The van der Waals surface area contributed by atoms with Gasteiger partial charge in [0.25, 0.3) is 11.6 Å². The predicted molar refractivity (Wildman–Crippen MR) is 101 cm³/mol. The summed E-state index contributed by atoms with van der Waals surface area (Å²) in [5.74, 6) is -0.258. The molecule has 10 nitrogen and oxygen atoms in total. The van der Waals surface area contributed by atoms with Gasteiger partial charge in [-0.3, -0.25) is 19.7 Å². The van der Waals surface area contributed by atoms with Gasteiger partial charge in [0.1, 0.15) is 5.03 Å². The minimum absolute atomic E-state index is 0.0538. The van der Waals surface area contributed by atoms with E-state index in [1.54, 1.807) is 18.2 Å². The van der Waals surface area contributed by atoms with Gasteiger partial charge in [0.2, 0.25) is 5.91 Å². The smallest absolute Gasteiger partial charge is 0.292 e. The number of nitro benzene ring substituents is 1. The Hall–Kier alpha value is -3.73. The van der Waals surface area contributed by atoms with Gasteiger partial charge < -0.3 is 15.1 Å². The van der Waals surface area contributed by atoms with Crippen LogP contribution in [0.3, 0.4) is 0 Å². The van der Waals surface area contributed by atoms with Crippen molar-refractivity contribution in [2.24, 2.45) is 0 Å². The number of benzene rings is 1. The number of rotatable bonds is 7. The largest absolute Gasteiger partial charge is 0.459 e. The van der Waals surface area contributed by atoms with Crippen LogP contribution in [0, 0.1) is 10.1 Å². The third-order valence-corrected chi connectivity index (χ3v) is 4.26. The summed E-state index contributed by atoms with van der Waals surface area (Å²) in [5, 5.41) is 24.1. The van der Waals surface area contributed by atoms with E-state index in [-0.39, 0.29) is 28.9 Å². The van der Waals surface area contributed by atoms with Crippen molar-refractivity contribution in [3.63, 3.8) is 0 Å². The van der Waals surface area contributed by atoms with Crippen LogP contribution in [0.25, 0.3) is 0 Å². The van der Waals surface area contributed by atoms with Crippen LogP contribution in [-0.2, 0) is 4.79 Å². The molecule has 0 saturated heterocycles. The van der Waals surface area contributed by atoms with Gasteiger partial charge in [-0.2, -0.15) is 0 Å². The topological polar surface area (TPSA) is 140 Å². The monoisotopic (exact) mass is 399 g/mol. The van der Waals surface area contributed by atoms with Gasteiger partial charge in [-0.05, 0) is 36.4 Å². The lowest BCUT2D eigenvalue weighted by molar-refractivity contribution is -0.384. The highest BCUT2D eigenvalue weighted by Crippen LogP contribution is 2.18. The van der Waals surface area contributed by atoms with Crippen LogP contribution in [0.4, 0.5) is 17.2 Å². The van der Waals surface area contributed by atoms with Gasteiger partial charge in [-0.15, -0.1) is 10.2 Å². The second-order valence-corrected chi connectivity index (χ2v) is 6.32. The van der Waals surface area contributed by atoms with Crippen LogP contribution in [0.5, 0.6) is 0 Å². The Balaban J connectivity index is 1.48. The number of amides is 2. The number of carbonyl (C=O) groups is 2. The number of anilines is 2. The van der Waals surface area contributed by atoms with Gasteiger partial charge in [-0.25, -0.2) is 0 Å². The predicted octanol–water partition coefficient (Wildman–Crippen LogP) is 2.96. The number of carbonyl (C=O) groups excluding carboxylic acids is 2. The van der Waals surface area contributed by atoms with E-state index < -0.39 is 10.8 Å². The number of hydrogen-bond acceptors (Lipinski definition) is 8. The quantitative estimate of drug-likeness (QED) is 0.351. The summed E-state index contributed by atoms with van der Waals surface area (Å²) >= 11 is 1.16. The number of non-ortho nitro benzene ring substituents is 1. The normalized spacial score (nSPS) is 10.3. The van der Waals surface area contributed by atoms with E-state index in [1.807, 2.05) is 0 Å². The Morgan fingerprint density at radius 2 is 1.86 bits per heavy atom. The maximum absolute atomic E-state index is 12.0. The molecule has 0 spiro atoms. The average Bonchev–Trinajstić information content (AvgIpc) is 3.23. The van der Waals surface area contributed by atoms with Crippen LogP contribution >= 0.6 is 11.8 Å². The zero-order chi connectivity index (χ0) is 19.9. The van der Waals surface area contributed by atoms with E-state index in [0.717, 1.165) is 11.8 Å². The fourth-order valence-electron chi connectivity index (χ4n) is 2.05. The summed E-state index contributed by atoms with van der Waals surface area (Å²) in [5.41, 5.74) is 0.403. The Bertz CT molecular complexity index is 974. The van der Waals surface area contributed by atoms with Crippen molar-refractivity contribution in [3.05, 3.63) is 70.7 Å². The van der Waals surface area contributed by atoms with Crippen LogP contribution in [0.2, 0.25) is 0 Å². The van der Waals surface area contributed by atoms with Crippen LogP contribution in [0.15, 0.2) is 64.2 Å². The second kappa shape index (κ2) is 8.77. The molecule has 0 bridgehead atoms. The molecule has 0 saturated carbocycles. The van der Waals surface area contributed by atoms with Crippen molar-refractivity contribution < 1.29 is 18.9 Å². The van der Waals surface area contributed by atoms with Gasteiger partial charge in [0.05, 0.1) is 16.9 Å².